The number of fused-ring (bicyclic) bond motifs is 2. The number of para-hydroxylation sites is 1. The van der Waals surface area contributed by atoms with Gasteiger partial charge in [-0.1, -0.05) is 37.3 Å². The maximum absolute atomic E-state index is 13.3. The van der Waals surface area contributed by atoms with Crippen LogP contribution in [0, 0.1) is 0 Å². The summed E-state index contributed by atoms with van der Waals surface area (Å²) >= 11 is 1.50. The molecule has 2 aromatic carbocycles. The summed E-state index contributed by atoms with van der Waals surface area (Å²) in [6.45, 7) is 10.2. The Kier molecular flexibility index (Phi) is 7.47. The third-order valence-corrected chi connectivity index (χ3v) is 6.56. The molecule has 3 aromatic rings. The fourth-order valence-electron chi connectivity index (χ4n) is 3.65. The fourth-order valence-corrected chi connectivity index (χ4v) is 4.67. The zero-order chi connectivity index (χ0) is 23.2. The lowest BCUT2D eigenvalue weighted by molar-refractivity contribution is -0.114. The van der Waals surface area contributed by atoms with Crippen molar-refractivity contribution in [2.75, 3.05) is 44.5 Å². The number of aromatic nitrogens is 1. The van der Waals surface area contributed by atoms with E-state index in [4.69, 9.17) is 19.2 Å². The molecule has 0 spiro atoms. The van der Waals surface area contributed by atoms with Crippen molar-refractivity contribution in [1.29, 1.82) is 0 Å². The summed E-state index contributed by atoms with van der Waals surface area (Å²) in [7, 11) is 0. The van der Waals surface area contributed by atoms with E-state index in [0.717, 1.165) is 46.9 Å². The van der Waals surface area contributed by atoms with Crippen molar-refractivity contribution in [3.8, 4) is 17.2 Å². The number of hydrogen-bond donors (Lipinski definition) is 0. The first-order valence-corrected chi connectivity index (χ1v) is 12.1. The quantitative estimate of drug-likeness (QED) is 0.399. The molecule has 1 aromatic heterocycles. The van der Waals surface area contributed by atoms with Gasteiger partial charge in [0.2, 0.25) is 6.79 Å². The van der Waals surface area contributed by atoms with Crippen LogP contribution < -0.4 is 19.1 Å². The summed E-state index contributed by atoms with van der Waals surface area (Å²) in [6, 6.07) is 11.5. The van der Waals surface area contributed by atoms with E-state index in [1.54, 1.807) is 17.1 Å². The normalized spacial score (nSPS) is 12.7. The van der Waals surface area contributed by atoms with Gasteiger partial charge < -0.3 is 19.1 Å². The molecule has 0 bridgehead atoms. The molecule has 0 radical (unpaired) electrons. The number of likely N-dealkylation sites (N-methyl/N-ethyl adjacent to an activating group) is 1. The minimum Gasteiger partial charge on any atom is -0.492 e. The molecule has 1 aliphatic heterocycles. The van der Waals surface area contributed by atoms with Crippen molar-refractivity contribution in [3.05, 3.63) is 48.0 Å². The number of thiazole rings is 1. The first-order valence-electron chi connectivity index (χ1n) is 11.3. The maximum Gasteiger partial charge on any atom is 0.252 e. The van der Waals surface area contributed by atoms with E-state index < -0.39 is 0 Å². The molecule has 0 aliphatic carbocycles. The van der Waals surface area contributed by atoms with Gasteiger partial charge in [-0.25, -0.2) is 4.98 Å². The maximum atomic E-state index is 13.3. The minimum atomic E-state index is -0.114. The highest BCUT2D eigenvalue weighted by molar-refractivity contribution is 7.22. The van der Waals surface area contributed by atoms with Gasteiger partial charge in [-0.3, -0.25) is 9.69 Å². The van der Waals surface area contributed by atoms with Gasteiger partial charge in [0.05, 0.1) is 11.3 Å². The van der Waals surface area contributed by atoms with Crippen molar-refractivity contribution >= 4 is 38.7 Å². The molecule has 4 rings (SSSR count). The number of nitrogens with zero attached hydrogens (tertiary/aromatic N) is 3. The van der Waals surface area contributed by atoms with Crippen LogP contribution >= 0.6 is 11.3 Å². The van der Waals surface area contributed by atoms with Crippen molar-refractivity contribution < 1.29 is 19.0 Å². The Morgan fingerprint density at radius 3 is 2.73 bits per heavy atom. The topological polar surface area (TPSA) is 64.1 Å². The third-order valence-electron chi connectivity index (χ3n) is 5.52. The van der Waals surface area contributed by atoms with Gasteiger partial charge >= 0.3 is 0 Å². The molecule has 2 heterocycles. The standard InChI is InChI=1S/C25H29N3O4S/c1-4-27(5-2)14-15-28(25-26-24-20(30-6-3)8-7-9-22(24)33-25)23(29)13-11-18-10-12-19-21(16-18)32-17-31-19/h7-13,16H,4-6,14-15,17H2,1-3H3/b13-11+. The van der Waals surface area contributed by atoms with Crippen LogP contribution in [-0.4, -0.2) is 55.4 Å². The van der Waals surface area contributed by atoms with Crippen LogP contribution in [0.1, 0.15) is 26.3 Å². The number of hydrogen-bond acceptors (Lipinski definition) is 7. The summed E-state index contributed by atoms with van der Waals surface area (Å²) in [5, 5.41) is 0.671. The van der Waals surface area contributed by atoms with Crippen LogP contribution in [-0.2, 0) is 4.79 Å². The highest BCUT2D eigenvalue weighted by Gasteiger charge is 2.20. The average Bonchev–Trinajstić information content (AvgIpc) is 3.47. The van der Waals surface area contributed by atoms with E-state index >= 15 is 0 Å². The van der Waals surface area contributed by atoms with E-state index in [1.165, 1.54) is 11.3 Å². The summed E-state index contributed by atoms with van der Waals surface area (Å²) in [6.07, 6.45) is 3.39. The van der Waals surface area contributed by atoms with Gasteiger partial charge in [0.1, 0.15) is 11.3 Å². The largest absolute Gasteiger partial charge is 0.492 e. The second-order valence-electron chi connectivity index (χ2n) is 7.50. The first kappa shape index (κ1) is 23.1. The molecule has 0 N–H and O–H groups in total. The average molecular weight is 468 g/mol. The number of benzene rings is 2. The number of carbonyl (C=O) groups excluding carboxylic acids is 1. The molecule has 0 saturated heterocycles. The Labute approximate surface area is 198 Å². The van der Waals surface area contributed by atoms with Gasteiger partial charge in [0.25, 0.3) is 5.91 Å². The second kappa shape index (κ2) is 10.7. The Morgan fingerprint density at radius 2 is 1.94 bits per heavy atom. The monoisotopic (exact) mass is 467 g/mol. The third kappa shape index (κ3) is 5.29. The summed E-state index contributed by atoms with van der Waals surface area (Å²) < 4.78 is 17.5. The molecule has 1 amide bonds. The minimum absolute atomic E-state index is 0.114. The van der Waals surface area contributed by atoms with Gasteiger partial charge in [-0.2, -0.15) is 0 Å². The summed E-state index contributed by atoms with van der Waals surface area (Å²) in [4.78, 5) is 22.2. The number of amides is 1. The van der Waals surface area contributed by atoms with Crippen molar-refractivity contribution in [1.82, 2.24) is 9.88 Å². The van der Waals surface area contributed by atoms with Crippen molar-refractivity contribution in [3.63, 3.8) is 0 Å². The van der Waals surface area contributed by atoms with E-state index in [9.17, 15) is 4.79 Å². The lowest BCUT2D eigenvalue weighted by Crippen LogP contribution is -2.38. The Bertz CT molecular complexity index is 1140. The smallest absolute Gasteiger partial charge is 0.252 e. The number of carbonyl (C=O) groups is 1. The highest BCUT2D eigenvalue weighted by Crippen LogP contribution is 2.35. The van der Waals surface area contributed by atoms with Gasteiger partial charge in [-0.15, -0.1) is 0 Å². The zero-order valence-electron chi connectivity index (χ0n) is 19.2. The molecule has 1 aliphatic rings. The van der Waals surface area contributed by atoms with Crippen LogP contribution in [0.15, 0.2) is 42.5 Å². The molecule has 0 atom stereocenters. The van der Waals surface area contributed by atoms with E-state index in [-0.39, 0.29) is 12.7 Å². The molecular weight excluding hydrogens is 438 g/mol. The molecule has 33 heavy (non-hydrogen) atoms. The van der Waals surface area contributed by atoms with Crippen molar-refractivity contribution in [2.45, 2.75) is 20.8 Å². The predicted octanol–water partition coefficient (Wildman–Crippen LogP) is 4.81. The predicted molar refractivity (Wildman–Crippen MR) is 133 cm³/mol. The van der Waals surface area contributed by atoms with E-state index in [1.807, 2.05) is 43.3 Å². The zero-order valence-corrected chi connectivity index (χ0v) is 20.1. The van der Waals surface area contributed by atoms with Crippen LogP contribution in [0.3, 0.4) is 0 Å². The van der Waals surface area contributed by atoms with E-state index in [2.05, 4.69) is 18.7 Å². The molecule has 0 saturated carbocycles. The highest BCUT2D eigenvalue weighted by atomic mass is 32.1. The Morgan fingerprint density at radius 1 is 1.12 bits per heavy atom. The fraction of sp³-hybridized carbons (Fsp3) is 0.360. The lowest BCUT2D eigenvalue weighted by atomic mass is 10.2. The molecule has 7 nitrogen and oxygen atoms in total. The van der Waals surface area contributed by atoms with Gasteiger partial charge in [0.15, 0.2) is 16.6 Å². The Hall–Kier alpha value is -3.10. The number of ether oxygens (including phenoxy) is 3. The van der Waals surface area contributed by atoms with Crippen LogP contribution in [0.4, 0.5) is 5.13 Å². The van der Waals surface area contributed by atoms with Crippen LogP contribution in [0.25, 0.3) is 16.3 Å². The SMILES string of the molecule is CCOc1cccc2sc(N(CCN(CC)CC)C(=O)/C=C/c3ccc4c(c3)OCO4)nc12. The molecule has 0 fully saturated rings. The summed E-state index contributed by atoms with van der Waals surface area (Å²) in [5.41, 5.74) is 1.67. The number of anilines is 1. The molecular formula is C25H29N3O4S. The molecule has 8 heteroatoms. The molecule has 0 unspecified atom stereocenters. The number of rotatable bonds is 10. The second-order valence-corrected chi connectivity index (χ2v) is 8.50. The summed E-state index contributed by atoms with van der Waals surface area (Å²) in [5.74, 6) is 2.04. The van der Waals surface area contributed by atoms with Crippen LogP contribution in [0.5, 0.6) is 17.2 Å². The van der Waals surface area contributed by atoms with E-state index in [0.29, 0.717) is 24.0 Å². The lowest BCUT2D eigenvalue weighted by Gasteiger charge is -2.23. The Balaban J connectivity index is 1.60. The van der Waals surface area contributed by atoms with Crippen LogP contribution in [0.2, 0.25) is 0 Å². The van der Waals surface area contributed by atoms with Gasteiger partial charge in [-0.05, 0) is 55.9 Å². The molecule has 174 valence electrons. The first-order chi connectivity index (χ1) is 16.1. The van der Waals surface area contributed by atoms with Gasteiger partial charge in [0, 0.05) is 19.2 Å². The van der Waals surface area contributed by atoms with Crippen molar-refractivity contribution in [2.24, 2.45) is 0 Å².